The summed E-state index contributed by atoms with van der Waals surface area (Å²) in [5.41, 5.74) is 3.67. The highest BCUT2D eigenvalue weighted by Crippen LogP contribution is 2.42. The minimum absolute atomic E-state index is 0.295. The molecule has 2 aliphatic rings. The van der Waals surface area contributed by atoms with Crippen LogP contribution in [0, 0.1) is 0 Å². The number of nitrogens with one attached hydrogen (secondary N) is 1. The Labute approximate surface area is 130 Å². The number of anilines is 1. The summed E-state index contributed by atoms with van der Waals surface area (Å²) in [6.45, 7) is 4.16. The number of hydrogen-bond donors (Lipinski definition) is 2. The van der Waals surface area contributed by atoms with Gasteiger partial charge >= 0.3 is 0 Å². The average molecular weight is 298 g/mol. The van der Waals surface area contributed by atoms with Gasteiger partial charge in [-0.25, -0.2) is 4.68 Å². The van der Waals surface area contributed by atoms with Crippen LogP contribution in [0.5, 0.6) is 5.75 Å². The number of nitrogens with zero attached hydrogens (tertiary/aromatic N) is 3. The molecule has 116 valence electrons. The molecular formula is C17H22N4O. The quantitative estimate of drug-likeness (QED) is 0.912. The molecule has 0 atom stereocenters. The molecule has 1 aromatic heterocycles. The first-order valence-corrected chi connectivity index (χ1v) is 8.16. The summed E-state index contributed by atoms with van der Waals surface area (Å²) in [7, 11) is 0. The second kappa shape index (κ2) is 5.65. The molecule has 1 saturated heterocycles. The number of aromatic hydroxyl groups is 1. The van der Waals surface area contributed by atoms with E-state index < -0.39 is 0 Å². The lowest BCUT2D eigenvalue weighted by molar-refractivity contribution is 0.402. The van der Waals surface area contributed by atoms with Crippen molar-refractivity contribution in [3.63, 3.8) is 0 Å². The molecule has 22 heavy (non-hydrogen) atoms. The van der Waals surface area contributed by atoms with Crippen molar-refractivity contribution in [3.05, 3.63) is 36.2 Å². The third kappa shape index (κ3) is 2.35. The van der Waals surface area contributed by atoms with Crippen LogP contribution in [0.25, 0.3) is 5.69 Å². The van der Waals surface area contributed by atoms with Crippen LogP contribution in [-0.2, 0) is 0 Å². The van der Waals surface area contributed by atoms with Gasteiger partial charge in [-0.15, -0.1) is 0 Å². The fourth-order valence-corrected chi connectivity index (χ4v) is 3.36. The Kier molecular flexibility index (Phi) is 3.50. The van der Waals surface area contributed by atoms with Crippen LogP contribution in [0.2, 0.25) is 0 Å². The number of phenols is 1. The van der Waals surface area contributed by atoms with Gasteiger partial charge in [0.05, 0.1) is 23.3 Å². The van der Waals surface area contributed by atoms with Crippen LogP contribution in [-0.4, -0.2) is 41.1 Å². The summed E-state index contributed by atoms with van der Waals surface area (Å²) in [6.07, 6.45) is 5.84. The summed E-state index contributed by atoms with van der Waals surface area (Å²) in [4.78, 5) is 2.45. The molecule has 2 heterocycles. The lowest BCUT2D eigenvalue weighted by atomic mass is 9.82. The van der Waals surface area contributed by atoms with Gasteiger partial charge in [0.2, 0.25) is 0 Å². The van der Waals surface area contributed by atoms with E-state index in [-0.39, 0.29) is 0 Å². The van der Waals surface area contributed by atoms with Crippen molar-refractivity contribution >= 4 is 5.69 Å². The average Bonchev–Trinajstić information content (AvgIpc) is 2.92. The number of rotatable bonds is 3. The Bertz CT molecular complexity index is 639. The minimum atomic E-state index is 0.295. The Morgan fingerprint density at radius 3 is 2.45 bits per heavy atom. The van der Waals surface area contributed by atoms with E-state index in [4.69, 9.17) is 0 Å². The van der Waals surface area contributed by atoms with E-state index in [1.165, 1.54) is 30.6 Å². The van der Waals surface area contributed by atoms with Gasteiger partial charge in [0.25, 0.3) is 0 Å². The minimum Gasteiger partial charge on any atom is -0.508 e. The van der Waals surface area contributed by atoms with Crippen molar-refractivity contribution in [1.29, 1.82) is 0 Å². The van der Waals surface area contributed by atoms with Crippen molar-refractivity contribution in [3.8, 4) is 11.4 Å². The van der Waals surface area contributed by atoms with E-state index in [0.29, 0.717) is 11.7 Å². The summed E-state index contributed by atoms with van der Waals surface area (Å²) in [5, 5.41) is 17.6. The maximum absolute atomic E-state index is 9.50. The Hall–Kier alpha value is -2.01. The highest BCUT2D eigenvalue weighted by molar-refractivity contribution is 5.55. The van der Waals surface area contributed by atoms with Crippen LogP contribution in [0.1, 0.15) is 30.9 Å². The molecule has 0 amide bonds. The van der Waals surface area contributed by atoms with E-state index in [0.717, 1.165) is 31.9 Å². The van der Waals surface area contributed by atoms with Crippen molar-refractivity contribution in [2.75, 3.05) is 31.1 Å². The second-order valence-electron chi connectivity index (χ2n) is 6.21. The SMILES string of the molecule is Oc1ccc(-n2ncc(N3CCNCC3)c2C2CCC2)cc1. The Morgan fingerprint density at radius 1 is 1.09 bits per heavy atom. The molecule has 1 aromatic carbocycles. The first kappa shape index (κ1) is 13.6. The monoisotopic (exact) mass is 298 g/mol. The number of phenolic OH excluding ortho intramolecular Hbond substituents is 1. The standard InChI is InChI=1S/C17H22N4O/c22-15-6-4-14(5-7-15)21-17(13-2-1-3-13)16(12-19-21)20-10-8-18-9-11-20/h4-7,12-13,18,22H,1-3,8-11H2. The Morgan fingerprint density at radius 2 is 1.82 bits per heavy atom. The molecule has 5 nitrogen and oxygen atoms in total. The molecule has 2 N–H and O–H groups in total. The molecule has 0 bridgehead atoms. The molecule has 2 aromatic rings. The largest absolute Gasteiger partial charge is 0.508 e. The van der Waals surface area contributed by atoms with Gasteiger partial charge in [-0.3, -0.25) is 0 Å². The van der Waals surface area contributed by atoms with Crippen molar-refractivity contribution in [1.82, 2.24) is 15.1 Å². The van der Waals surface area contributed by atoms with E-state index >= 15 is 0 Å². The van der Waals surface area contributed by atoms with Crippen LogP contribution in [0.3, 0.4) is 0 Å². The molecule has 1 aliphatic heterocycles. The molecule has 1 saturated carbocycles. The summed E-state index contributed by atoms with van der Waals surface area (Å²) < 4.78 is 2.07. The summed E-state index contributed by atoms with van der Waals surface area (Å²) in [5.74, 6) is 0.907. The van der Waals surface area contributed by atoms with Crippen molar-refractivity contribution < 1.29 is 5.11 Å². The molecule has 0 radical (unpaired) electrons. The fraction of sp³-hybridized carbons (Fsp3) is 0.471. The first-order chi connectivity index (χ1) is 10.8. The number of hydrogen-bond acceptors (Lipinski definition) is 4. The van der Waals surface area contributed by atoms with E-state index in [1.807, 2.05) is 18.3 Å². The third-order valence-electron chi connectivity index (χ3n) is 4.83. The second-order valence-corrected chi connectivity index (χ2v) is 6.21. The zero-order valence-corrected chi connectivity index (χ0v) is 12.7. The van der Waals surface area contributed by atoms with E-state index in [2.05, 4.69) is 20.0 Å². The molecule has 2 fully saturated rings. The predicted molar refractivity (Wildman–Crippen MR) is 86.9 cm³/mol. The van der Waals surface area contributed by atoms with Gasteiger partial charge in [-0.1, -0.05) is 6.42 Å². The molecule has 1 aliphatic carbocycles. The van der Waals surface area contributed by atoms with Crippen molar-refractivity contribution in [2.24, 2.45) is 0 Å². The zero-order valence-electron chi connectivity index (χ0n) is 12.7. The molecule has 5 heteroatoms. The van der Waals surface area contributed by atoms with Crippen LogP contribution >= 0.6 is 0 Å². The highest BCUT2D eigenvalue weighted by Gasteiger charge is 2.29. The summed E-state index contributed by atoms with van der Waals surface area (Å²) >= 11 is 0. The molecule has 0 unspecified atom stereocenters. The van der Waals surface area contributed by atoms with Gasteiger partial charge in [0.1, 0.15) is 5.75 Å². The normalized spacial score (nSPS) is 19.2. The first-order valence-electron chi connectivity index (χ1n) is 8.16. The van der Waals surface area contributed by atoms with Gasteiger partial charge < -0.3 is 15.3 Å². The van der Waals surface area contributed by atoms with Gasteiger partial charge in [-0.2, -0.15) is 5.10 Å². The zero-order chi connectivity index (χ0) is 14.9. The van der Waals surface area contributed by atoms with Crippen LogP contribution in [0.4, 0.5) is 5.69 Å². The highest BCUT2D eigenvalue weighted by atomic mass is 16.3. The van der Waals surface area contributed by atoms with E-state index in [1.54, 1.807) is 12.1 Å². The van der Waals surface area contributed by atoms with Crippen molar-refractivity contribution in [2.45, 2.75) is 25.2 Å². The van der Waals surface area contributed by atoms with Gasteiger partial charge in [0.15, 0.2) is 0 Å². The topological polar surface area (TPSA) is 53.3 Å². The number of benzene rings is 1. The number of aromatic nitrogens is 2. The lowest BCUT2D eigenvalue weighted by Gasteiger charge is -2.33. The van der Waals surface area contributed by atoms with Gasteiger partial charge in [0, 0.05) is 32.1 Å². The Balaban J connectivity index is 1.74. The molecule has 0 spiro atoms. The van der Waals surface area contributed by atoms with E-state index in [9.17, 15) is 5.11 Å². The predicted octanol–water partition coefficient (Wildman–Crippen LogP) is 2.26. The maximum Gasteiger partial charge on any atom is 0.115 e. The maximum atomic E-state index is 9.50. The number of piperazine rings is 1. The third-order valence-corrected chi connectivity index (χ3v) is 4.83. The summed E-state index contributed by atoms with van der Waals surface area (Å²) in [6, 6.07) is 7.33. The van der Waals surface area contributed by atoms with Crippen LogP contribution < -0.4 is 10.2 Å². The van der Waals surface area contributed by atoms with Gasteiger partial charge in [-0.05, 0) is 37.1 Å². The molecule has 4 rings (SSSR count). The molecular weight excluding hydrogens is 276 g/mol. The smallest absolute Gasteiger partial charge is 0.115 e. The lowest BCUT2D eigenvalue weighted by Crippen LogP contribution is -2.44. The van der Waals surface area contributed by atoms with Crippen LogP contribution in [0.15, 0.2) is 30.5 Å². The fourth-order valence-electron chi connectivity index (χ4n) is 3.36.